The fraction of sp³-hybridized carbons (Fsp3) is 0.105. The lowest BCUT2D eigenvalue weighted by Crippen LogP contribution is -2.22. The second-order valence-corrected chi connectivity index (χ2v) is 7.57. The van der Waals surface area contributed by atoms with Crippen LogP contribution < -0.4 is 4.74 Å². The zero-order valence-corrected chi connectivity index (χ0v) is 16.1. The molecule has 7 heteroatoms. The van der Waals surface area contributed by atoms with Crippen LogP contribution in [0.3, 0.4) is 0 Å². The zero-order chi connectivity index (χ0) is 18.7. The summed E-state index contributed by atoms with van der Waals surface area (Å²) in [6.45, 7) is 0.247. The number of halogens is 1. The van der Waals surface area contributed by atoms with Gasteiger partial charge >= 0.3 is 0 Å². The lowest BCUT2D eigenvalue weighted by atomic mass is 10.1. The van der Waals surface area contributed by atoms with E-state index in [0.29, 0.717) is 25.6 Å². The van der Waals surface area contributed by atoms with Crippen LogP contribution in [0, 0.1) is 11.3 Å². The molecule has 0 aliphatic carbocycles. The minimum atomic E-state index is -0.121. The van der Waals surface area contributed by atoms with Crippen LogP contribution in [-0.4, -0.2) is 22.2 Å². The van der Waals surface area contributed by atoms with Gasteiger partial charge in [0.05, 0.1) is 21.6 Å². The number of ether oxygens (including phenoxy) is 1. The molecule has 0 bridgehead atoms. The monoisotopic (exact) mass is 400 g/mol. The second kappa shape index (κ2) is 7.92. The van der Waals surface area contributed by atoms with Gasteiger partial charge in [-0.3, -0.25) is 9.69 Å². The van der Waals surface area contributed by atoms with Gasteiger partial charge in [0.25, 0.3) is 5.91 Å². The molecule has 26 heavy (non-hydrogen) atoms. The Kier molecular flexibility index (Phi) is 5.62. The van der Waals surface area contributed by atoms with Gasteiger partial charge in [0, 0.05) is 12.6 Å². The van der Waals surface area contributed by atoms with Crippen LogP contribution in [0.5, 0.6) is 5.75 Å². The minimum absolute atomic E-state index is 0.121. The van der Waals surface area contributed by atoms with Crippen LogP contribution in [0.15, 0.2) is 47.4 Å². The van der Waals surface area contributed by atoms with E-state index in [9.17, 15) is 4.79 Å². The van der Waals surface area contributed by atoms with E-state index in [4.69, 9.17) is 33.8 Å². The molecule has 0 aromatic heterocycles. The van der Waals surface area contributed by atoms with Crippen molar-refractivity contribution in [3.05, 3.63) is 69.1 Å². The van der Waals surface area contributed by atoms with Crippen molar-refractivity contribution in [3.8, 4) is 11.8 Å². The van der Waals surface area contributed by atoms with Crippen LogP contribution in [-0.2, 0) is 11.4 Å². The largest absolute Gasteiger partial charge is 0.487 e. The predicted octanol–water partition coefficient (Wildman–Crippen LogP) is 4.62. The Morgan fingerprint density at radius 2 is 2.12 bits per heavy atom. The summed E-state index contributed by atoms with van der Waals surface area (Å²) in [6.07, 6.45) is 1.75. The van der Waals surface area contributed by atoms with E-state index in [1.807, 2.05) is 24.3 Å². The van der Waals surface area contributed by atoms with Crippen LogP contribution in [0.2, 0.25) is 5.02 Å². The Morgan fingerprint density at radius 3 is 2.77 bits per heavy atom. The van der Waals surface area contributed by atoms with E-state index in [0.717, 1.165) is 11.1 Å². The Morgan fingerprint density at radius 1 is 1.35 bits per heavy atom. The summed E-state index contributed by atoms with van der Waals surface area (Å²) in [4.78, 5) is 14.1. The Bertz CT molecular complexity index is 966. The van der Waals surface area contributed by atoms with E-state index in [1.54, 1.807) is 31.3 Å². The van der Waals surface area contributed by atoms with Crippen LogP contribution in [0.4, 0.5) is 0 Å². The van der Waals surface area contributed by atoms with Gasteiger partial charge in [-0.15, -0.1) is 0 Å². The van der Waals surface area contributed by atoms with Gasteiger partial charge in [-0.1, -0.05) is 59.8 Å². The highest BCUT2D eigenvalue weighted by molar-refractivity contribution is 8.26. The first-order chi connectivity index (χ1) is 12.5. The van der Waals surface area contributed by atoms with Gasteiger partial charge in [0.15, 0.2) is 0 Å². The van der Waals surface area contributed by atoms with E-state index >= 15 is 0 Å². The van der Waals surface area contributed by atoms with Gasteiger partial charge in [-0.05, 0) is 29.8 Å². The predicted molar refractivity (Wildman–Crippen MR) is 108 cm³/mol. The fourth-order valence-electron chi connectivity index (χ4n) is 2.33. The molecule has 1 heterocycles. The highest BCUT2D eigenvalue weighted by Crippen LogP contribution is 2.33. The molecule has 130 valence electrons. The van der Waals surface area contributed by atoms with Gasteiger partial charge < -0.3 is 4.74 Å². The van der Waals surface area contributed by atoms with Crippen molar-refractivity contribution in [1.29, 1.82) is 5.26 Å². The molecular formula is C19H13ClN2O2S2. The number of benzene rings is 2. The van der Waals surface area contributed by atoms with Crippen molar-refractivity contribution in [2.24, 2.45) is 0 Å². The molecule has 3 rings (SSSR count). The van der Waals surface area contributed by atoms with Crippen molar-refractivity contribution < 1.29 is 9.53 Å². The summed E-state index contributed by atoms with van der Waals surface area (Å²) >= 11 is 12.7. The summed E-state index contributed by atoms with van der Waals surface area (Å²) in [5.41, 5.74) is 2.15. The molecule has 0 atom stereocenters. The molecule has 1 amide bonds. The van der Waals surface area contributed by atoms with E-state index in [-0.39, 0.29) is 12.5 Å². The zero-order valence-electron chi connectivity index (χ0n) is 13.7. The first-order valence-electron chi connectivity index (χ1n) is 7.61. The third kappa shape index (κ3) is 3.91. The molecular weight excluding hydrogens is 388 g/mol. The van der Waals surface area contributed by atoms with Gasteiger partial charge in [0.2, 0.25) is 0 Å². The van der Waals surface area contributed by atoms with Crippen molar-refractivity contribution in [2.45, 2.75) is 6.61 Å². The summed E-state index contributed by atoms with van der Waals surface area (Å²) in [5, 5.41) is 9.55. The van der Waals surface area contributed by atoms with E-state index < -0.39 is 0 Å². The SMILES string of the molecule is CN1C(=O)C(=Cc2ccc(OCc3ccccc3C#N)c(Cl)c2)SC1=S. The first-order valence-corrected chi connectivity index (χ1v) is 9.22. The number of nitriles is 1. The normalized spacial score (nSPS) is 15.4. The molecule has 2 aromatic carbocycles. The number of nitrogens with zero attached hydrogens (tertiary/aromatic N) is 2. The molecule has 0 spiro atoms. The average Bonchev–Trinajstić information content (AvgIpc) is 2.88. The summed E-state index contributed by atoms with van der Waals surface area (Å²) < 4.78 is 6.27. The van der Waals surface area contributed by atoms with Gasteiger partial charge in [-0.25, -0.2) is 0 Å². The van der Waals surface area contributed by atoms with Crippen molar-refractivity contribution in [1.82, 2.24) is 4.90 Å². The van der Waals surface area contributed by atoms with E-state index in [2.05, 4.69) is 6.07 Å². The number of amides is 1. The number of hydrogen-bond acceptors (Lipinski definition) is 5. The summed E-state index contributed by atoms with van der Waals surface area (Å²) in [7, 11) is 1.65. The van der Waals surface area contributed by atoms with E-state index in [1.165, 1.54) is 16.7 Å². The quantitative estimate of drug-likeness (QED) is 0.553. The molecule has 1 fully saturated rings. The molecule has 1 aliphatic heterocycles. The Balaban J connectivity index is 1.75. The number of thioether (sulfide) groups is 1. The highest BCUT2D eigenvalue weighted by atomic mass is 35.5. The third-order valence-corrected chi connectivity index (χ3v) is 5.54. The Labute approximate surface area is 166 Å². The second-order valence-electron chi connectivity index (χ2n) is 5.49. The highest BCUT2D eigenvalue weighted by Gasteiger charge is 2.28. The summed E-state index contributed by atoms with van der Waals surface area (Å²) in [6, 6.07) is 14.7. The topological polar surface area (TPSA) is 53.3 Å². The molecule has 4 nitrogen and oxygen atoms in total. The molecule has 1 saturated heterocycles. The lowest BCUT2D eigenvalue weighted by molar-refractivity contribution is -0.121. The van der Waals surface area contributed by atoms with Crippen LogP contribution >= 0.6 is 35.6 Å². The molecule has 2 aromatic rings. The maximum Gasteiger partial charge on any atom is 0.265 e. The number of thiocarbonyl (C=S) groups is 1. The van der Waals surface area contributed by atoms with Gasteiger partial charge in [-0.2, -0.15) is 5.26 Å². The van der Waals surface area contributed by atoms with Crippen molar-refractivity contribution in [3.63, 3.8) is 0 Å². The maximum atomic E-state index is 12.1. The Hall–Kier alpha value is -2.33. The fourth-order valence-corrected chi connectivity index (χ4v) is 3.75. The molecule has 1 aliphatic rings. The molecule has 0 unspecified atom stereocenters. The minimum Gasteiger partial charge on any atom is -0.487 e. The number of rotatable bonds is 4. The molecule has 0 radical (unpaired) electrons. The molecule has 0 N–H and O–H groups in total. The van der Waals surface area contributed by atoms with Crippen LogP contribution in [0.1, 0.15) is 16.7 Å². The number of hydrogen-bond donors (Lipinski definition) is 0. The van der Waals surface area contributed by atoms with Gasteiger partial charge in [0.1, 0.15) is 16.7 Å². The standard InChI is InChI=1S/C19H13ClN2O2S2/c1-22-18(23)17(26-19(22)25)9-12-6-7-16(15(20)8-12)24-11-14-5-3-2-4-13(14)10-21/h2-9H,11H2,1H3. The number of carbonyl (C=O) groups is 1. The number of carbonyl (C=O) groups excluding carboxylic acids is 1. The number of likely N-dealkylation sites (N-methyl/N-ethyl adjacent to an activating group) is 1. The smallest absolute Gasteiger partial charge is 0.265 e. The lowest BCUT2D eigenvalue weighted by Gasteiger charge is -2.10. The van der Waals surface area contributed by atoms with Crippen molar-refractivity contribution >= 4 is 51.9 Å². The van der Waals surface area contributed by atoms with Crippen LogP contribution in [0.25, 0.3) is 6.08 Å². The molecule has 0 saturated carbocycles. The third-order valence-electron chi connectivity index (χ3n) is 3.76. The average molecular weight is 401 g/mol. The van der Waals surface area contributed by atoms with Crippen molar-refractivity contribution in [2.75, 3.05) is 7.05 Å². The summed E-state index contributed by atoms with van der Waals surface area (Å²) in [5.74, 6) is 0.393. The maximum absolute atomic E-state index is 12.1. The first kappa shape index (κ1) is 18.5.